The van der Waals surface area contributed by atoms with Crippen molar-refractivity contribution in [3.8, 4) is 0 Å². The van der Waals surface area contributed by atoms with E-state index >= 15 is 0 Å². The highest BCUT2D eigenvalue weighted by atomic mass is 16.6. The average molecular weight is 195 g/mol. The van der Waals surface area contributed by atoms with Crippen molar-refractivity contribution >= 4 is 5.78 Å². The van der Waals surface area contributed by atoms with Gasteiger partial charge in [0.1, 0.15) is 5.69 Å². The first kappa shape index (κ1) is 10.8. The van der Waals surface area contributed by atoms with Crippen LogP contribution in [0.5, 0.6) is 0 Å². The van der Waals surface area contributed by atoms with E-state index in [4.69, 9.17) is 4.74 Å². The first-order chi connectivity index (χ1) is 6.66. The van der Waals surface area contributed by atoms with Gasteiger partial charge < -0.3 is 9.84 Å². The fourth-order valence-electron chi connectivity index (χ4n) is 1.16. The minimum absolute atomic E-state index is 0.181. The molecule has 4 nitrogen and oxygen atoms in total. The lowest BCUT2D eigenvalue weighted by atomic mass is 10.1. The van der Waals surface area contributed by atoms with Crippen molar-refractivity contribution < 1.29 is 14.6 Å². The molecule has 1 aromatic rings. The Balaban J connectivity index is 3.00. The normalized spacial score (nSPS) is 12.5. The summed E-state index contributed by atoms with van der Waals surface area (Å²) in [5.41, 5.74) is 0.676. The van der Waals surface area contributed by atoms with Crippen LogP contribution in [0.1, 0.15) is 36.2 Å². The molecule has 1 aromatic heterocycles. The number of pyridine rings is 1. The van der Waals surface area contributed by atoms with Crippen LogP contribution in [0.3, 0.4) is 0 Å². The third-order valence-electron chi connectivity index (χ3n) is 1.76. The van der Waals surface area contributed by atoms with E-state index in [0.717, 1.165) is 0 Å². The second-order valence-electron chi connectivity index (χ2n) is 2.81. The van der Waals surface area contributed by atoms with Crippen molar-refractivity contribution in [2.75, 3.05) is 6.61 Å². The lowest BCUT2D eigenvalue weighted by molar-refractivity contribution is -0.0984. The minimum atomic E-state index is -1.08. The maximum Gasteiger partial charge on any atom is 0.183 e. The summed E-state index contributed by atoms with van der Waals surface area (Å²) >= 11 is 0. The van der Waals surface area contributed by atoms with Crippen molar-refractivity contribution in [1.29, 1.82) is 0 Å². The van der Waals surface area contributed by atoms with Gasteiger partial charge in [-0.3, -0.25) is 9.78 Å². The largest absolute Gasteiger partial charge is 0.364 e. The Morgan fingerprint density at radius 3 is 3.00 bits per heavy atom. The third-order valence-corrected chi connectivity index (χ3v) is 1.76. The van der Waals surface area contributed by atoms with Crippen LogP contribution in [-0.2, 0) is 4.74 Å². The number of ketones is 1. The molecule has 0 aliphatic rings. The van der Waals surface area contributed by atoms with Crippen molar-refractivity contribution in [2.24, 2.45) is 0 Å². The van der Waals surface area contributed by atoms with Crippen LogP contribution in [0.15, 0.2) is 18.3 Å². The van der Waals surface area contributed by atoms with E-state index in [2.05, 4.69) is 4.98 Å². The summed E-state index contributed by atoms with van der Waals surface area (Å²) in [5, 5.41) is 9.54. The van der Waals surface area contributed by atoms with Crippen LogP contribution in [0.4, 0.5) is 0 Å². The molecule has 1 N–H and O–H groups in total. The van der Waals surface area contributed by atoms with Gasteiger partial charge in [0.25, 0.3) is 0 Å². The molecule has 1 rings (SSSR count). The molecule has 1 atom stereocenters. The highest BCUT2D eigenvalue weighted by Crippen LogP contribution is 2.17. The molecule has 0 spiro atoms. The number of rotatable bonds is 4. The molecule has 0 saturated carbocycles. The fraction of sp³-hybridized carbons (Fsp3) is 0.400. The van der Waals surface area contributed by atoms with Crippen molar-refractivity contribution in [3.63, 3.8) is 0 Å². The quantitative estimate of drug-likeness (QED) is 0.581. The van der Waals surface area contributed by atoms with Gasteiger partial charge >= 0.3 is 0 Å². The van der Waals surface area contributed by atoms with E-state index in [1.54, 1.807) is 19.1 Å². The van der Waals surface area contributed by atoms with Crippen LogP contribution in [0.25, 0.3) is 0 Å². The molecular formula is C10H13NO3. The first-order valence-electron chi connectivity index (χ1n) is 4.42. The number of hydrogen-bond donors (Lipinski definition) is 1. The lowest BCUT2D eigenvalue weighted by Gasteiger charge is -2.12. The van der Waals surface area contributed by atoms with Gasteiger partial charge in [-0.2, -0.15) is 0 Å². The third kappa shape index (κ3) is 2.37. The van der Waals surface area contributed by atoms with E-state index in [1.165, 1.54) is 13.1 Å². The van der Waals surface area contributed by atoms with E-state index in [-0.39, 0.29) is 11.5 Å². The molecule has 0 aromatic carbocycles. The maximum absolute atomic E-state index is 11.1. The van der Waals surface area contributed by atoms with Gasteiger partial charge in [-0.05, 0) is 13.0 Å². The summed E-state index contributed by atoms with van der Waals surface area (Å²) in [6.07, 6.45) is 0.437. The Bertz CT molecular complexity index is 325. The Kier molecular flexibility index (Phi) is 3.73. The Hall–Kier alpha value is -1.26. The zero-order chi connectivity index (χ0) is 10.6. The lowest BCUT2D eigenvalue weighted by Crippen LogP contribution is -2.10. The molecule has 0 amide bonds. The van der Waals surface area contributed by atoms with Crippen LogP contribution >= 0.6 is 0 Å². The van der Waals surface area contributed by atoms with Gasteiger partial charge in [0.05, 0.1) is 0 Å². The van der Waals surface area contributed by atoms with Gasteiger partial charge in [0.2, 0.25) is 0 Å². The second-order valence-corrected chi connectivity index (χ2v) is 2.81. The molecule has 0 fully saturated rings. The zero-order valence-corrected chi connectivity index (χ0v) is 8.23. The van der Waals surface area contributed by atoms with Crippen molar-refractivity contribution in [1.82, 2.24) is 4.98 Å². The van der Waals surface area contributed by atoms with Crippen LogP contribution in [0.2, 0.25) is 0 Å². The predicted octanol–water partition coefficient (Wildman–Crippen LogP) is 1.31. The smallest absolute Gasteiger partial charge is 0.183 e. The average Bonchev–Trinajstić information content (AvgIpc) is 2.18. The van der Waals surface area contributed by atoms with Gasteiger partial charge in [-0.15, -0.1) is 0 Å². The Morgan fingerprint density at radius 1 is 1.71 bits per heavy atom. The molecular weight excluding hydrogens is 182 g/mol. The second kappa shape index (κ2) is 4.83. The number of nitrogens with zero attached hydrogens (tertiary/aromatic N) is 1. The summed E-state index contributed by atoms with van der Waals surface area (Å²) in [7, 11) is 0. The number of aromatic nitrogens is 1. The summed E-state index contributed by atoms with van der Waals surface area (Å²) in [6.45, 7) is 3.56. The molecule has 0 saturated heterocycles. The van der Waals surface area contributed by atoms with Gasteiger partial charge in [0, 0.05) is 25.3 Å². The predicted molar refractivity (Wildman–Crippen MR) is 50.8 cm³/mol. The molecule has 76 valence electrons. The van der Waals surface area contributed by atoms with E-state index in [1.807, 2.05) is 0 Å². The summed E-state index contributed by atoms with van der Waals surface area (Å²) < 4.78 is 4.98. The molecule has 0 bridgehead atoms. The number of ether oxygens (including phenoxy) is 1. The number of aliphatic hydroxyl groups is 1. The molecule has 0 radical (unpaired) electrons. The van der Waals surface area contributed by atoms with Crippen molar-refractivity contribution in [2.45, 2.75) is 20.1 Å². The Morgan fingerprint density at radius 2 is 2.43 bits per heavy atom. The number of Topliss-reactive ketones (excluding diaryl/α,β-unsaturated/α-hetero) is 1. The zero-order valence-electron chi connectivity index (χ0n) is 8.23. The summed E-state index contributed by atoms with van der Waals surface area (Å²) in [6, 6.07) is 3.29. The van der Waals surface area contributed by atoms with E-state index in [0.29, 0.717) is 12.2 Å². The van der Waals surface area contributed by atoms with Gasteiger partial charge in [-0.1, -0.05) is 6.07 Å². The number of carbonyl (C=O) groups excluding carboxylic acids is 1. The molecule has 4 heteroatoms. The molecule has 0 aliphatic heterocycles. The van der Waals surface area contributed by atoms with Crippen molar-refractivity contribution in [3.05, 3.63) is 29.6 Å². The highest BCUT2D eigenvalue weighted by Gasteiger charge is 2.15. The Labute approximate surface area is 82.5 Å². The maximum atomic E-state index is 11.1. The van der Waals surface area contributed by atoms with Gasteiger partial charge in [0.15, 0.2) is 12.1 Å². The highest BCUT2D eigenvalue weighted by molar-refractivity contribution is 5.93. The molecule has 1 heterocycles. The number of hydrogen-bond acceptors (Lipinski definition) is 4. The SMILES string of the molecule is CCOC(O)c1cccnc1C(C)=O. The number of aliphatic hydroxyl groups excluding tert-OH is 1. The fourth-order valence-corrected chi connectivity index (χ4v) is 1.16. The van der Waals surface area contributed by atoms with Crippen LogP contribution < -0.4 is 0 Å². The standard InChI is InChI=1S/C10H13NO3/c1-3-14-10(13)8-5-4-6-11-9(8)7(2)12/h4-6,10,13H,3H2,1-2H3. The van der Waals surface area contributed by atoms with Crippen LogP contribution in [0, 0.1) is 0 Å². The van der Waals surface area contributed by atoms with Crippen LogP contribution in [-0.4, -0.2) is 22.5 Å². The first-order valence-corrected chi connectivity index (χ1v) is 4.42. The summed E-state index contributed by atoms with van der Waals surface area (Å²) in [5.74, 6) is -0.181. The minimum Gasteiger partial charge on any atom is -0.364 e. The molecule has 14 heavy (non-hydrogen) atoms. The number of carbonyl (C=O) groups is 1. The monoisotopic (exact) mass is 195 g/mol. The van der Waals surface area contributed by atoms with E-state index < -0.39 is 6.29 Å². The van der Waals surface area contributed by atoms with E-state index in [9.17, 15) is 9.90 Å². The molecule has 0 aliphatic carbocycles. The molecule has 1 unspecified atom stereocenters. The van der Waals surface area contributed by atoms with Gasteiger partial charge in [-0.25, -0.2) is 0 Å². The topological polar surface area (TPSA) is 59.4 Å². The summed E-state index contributed by atoms with van der Waals surface area (Å²) in [4.78, 5) is 15.0.